The Morgan fingerprint density at radius 3 is 2.85 bits per heavy atom. The van der Waals surface area contributed by atoms with E-state index < -0.39 is 0 Å². The highest BCUT2D eigenvalue weighted by molar-refractivity contribution is 9.08. The number of methoxy groups -OCH3 is 1. The van der Waals surface area contributed by atoms with Crippen LogP contribution in [0, 0.1) is 6.57 Å². The van der Waals surface area contributed by atoms with Gasteiger partial charge in [0.2, 0.25) is 6.54 Å². The van der Waals surface area contributed by atoms with Gasteiger partial charge >= 0.3 is 0 Å². The van der Waals surface area contributed by atoms with E-state index in [1.54, 1.807) is 7.11 Å². The Hall–Kier alpha value is -1.01. The number of nitrogens with zero attached hydrogens (tertiary/aromatic N) is 1. The summed E-state index contributed by atoms with van der Waals surface area (Å²) in [5.41, 5.74) is 2.12. The number of hydrogen-bond donors (Lipinski definition) is 0. The van der Waals surface area contributed by atoms with E-state index >= 15 is 0 Å². The molecule has 0 N–H and O–H groups in total. The van der Waals surface area contributed by atoms with Crippen molar-refractivity contribution in [3.05, 3.63) is 40.7 Å². The van der Waals surface area contributed by atoms with Gasteiger partial charge in [0.1, 0.15) is 5.75 Å². The van der Waals surface area contributed by atoms with E-state index in [0.717, 1.165) is 22.2 Å². The van der Waals surface area contributed by atoms with Crippen molar-refractivity contribution in [3.63, 3.8) is 0 Å². The van der Waals surface area contributed by atoms with Gasteiger partial charge in [0.15, 0.2) is 0 Å². The fourth-order valence-corrected chi connectivity index (χ4v) is 1.56. The summed E-state index contributed by atoms with van der Waals surface area (Å²) in [5, 5.41) is 0.752. The minimum atomic E-state index is 0.435. The predicted octanol–water partition coefficient (Wildman–Crippen LogP) is 3.01. The Kier molecular flexibility index (Phi) is 3.78. The van der Waals surface area contributed by atoms with Gasteiger partial charge in [0.05, 0.1) is 7.11 Å². The smallest absolute Gasteiger partial charge is 0.239 e. The van der Waals surface area contributed by atoms with E-state index in [9.17, 15) is 0 Å². The molecule has 0 aromatic heterocycles. The number of alkyl halides is 1. The molecule has 0 unspecified atom stereocenters. The molecule has 1 rings (SSSR count). The zero-order chi connectivity index (χ0) is 9.68. The van der Waals surface area contributed by atoms with Crippen LogP contribution < -0.4 is 4.74 Å². The highest BCUT2D eigenvalue weighted by Gasteiger charge is 2.03. The third-order valence-electron chi connectivity index (χ3n) is 1.75. The number of halogens is 1. The zero-order valence-corrected chi connectivity index (χ0v) is 8.97. The van der Waals surface area contributed by atoms with Crippen LogP contribution >= 0.6 is 15.9 Å². The monoisotopic (exact) mass is 239 g/mol. The van der Waals surface area contributed by atoms with E-state index in [2.05, 4.69) is 20.8 Å². The van der Waals surface area contributed by atoms with Gasteiger partial charge in [0, 0.05) is 16.5 Å². The summed E-state index contributed by atoms with van der Waals surface area (Å²) in [7, 11) is 1.65. The van der Waals surface area contributed by atoms with Crippen molar-refractivity contribution in [2.45, 2.75) is 11.9 Å². The lowest BCUT2D eigenvalue weighted by molar-refractivity contribution is 0.411. The Morgan fingerprint density at radius 2 is 2.31 bits per heavy atom. The van der Waals surface area contributed by atoms with Crippen LogP contribution in [0.5, 0.6) is 5.75 Å². The first-order valence-electron chi connectivity index (χ1n) is 3.86. The second-order valence-electron chi connectivity index (χ2n) is 2.60. The Labute approximate surface area is 86.5 Å². The number of rotatable bonds is 3. The largest absolute Gasteiger partial charge is 0.496 e. The third kappa shape index (κ3) is 2.46. The van der Waals surface area contributed by atoms with Crippen molar-refractivity contribution in [2.75, 3.05) is 7.11 Å². The molecule has 0 saturated carbocycles. The summed E-state index contributed by atoms with van der Waals surface area (Å²) in [6.07, 6.45) is 0. The maximum absolute atomic E-state index is 6.75. The van der Waals surface area contributed by atoms with Crippen molar-refractivity contribution < 1.29 is 4.74 Å². The summed E-state index contributed by atoms with van der Waals surface area (Å²) in [6.45, 7) is 7.18. The van der Waals surface area contributed by atoms with Gasteiger partial charge in [-0.3, -0.25) is 0 Å². The van der Waals surface area contributed by atoms with Crippen molar-refractivity contribution >= 4 is 15.9 Å². The second-order valence-corrected chi connectivity index (χ2v) is 3.16. The van der Waals surface area contributed by atoms with Gasteiger partial charge in [-0.05, 0) is 18.2 Å². The second kappa shape index (κ2) is 4.88. The molecule has 1 aromatic carbocycles. The van der Waals surface area contributed by atoms with Crippen LogP contribution in [-0.4, -0.2) is 7.11 Å². The van der Waals surface area contributed by atoms with Crippen LogP contribution in [0.4, 0.5) is 0 Å². The van der Waals surface area contributed by atoms with E-state index in [0.29, 0.717) is 6.54 Å². The molecule has 0 bridgehead atoms. The molecule has 2 nitrogen and oxygen atoms in total. The summed E-state index contributed by atoms with van der Waals surface area (Å²) < 4.78 is 5.16. The first kappa shape index (κ1) is 10.1. The molecule has 68 valence electrons. The molecule has 0 saturated heterocycles. The van der Waals surface area contributed by atoms with Crippen LogP contribution in [0.2, 0.25) is 0 Å². The number of ether oxygens (including phenoxy) is 1. The molecule has 1 aromatic rings. The summed E-state index contributed by atoms with van der Waals surface area (Å²) in [6, 6.07) is 5.81. The van der Waals surface area contributed by atoms with Crippen molar-refractivity contribution in [3.8, 4) is 5.75 Å². The van der Waals surface area contributed by atoms with E-state index in [-0.39, 0.29) is 0 Å². The lowest BCUT2D eigenvalue weighted by Crippen LogP contribution is -1.91. The molecule has 3 heteroatoms. The molecule has 0 atom stereocenters. The van der Waals surface area contributed by atoms with Crippen LogP contribution in [0.15, 0.2) is 18.2 Å². The molecule has 0 amide bonds. The van der Waals surface area contributed by atoms with Gasteiger partial charge in [-0.25, -0.2) is 6.57 Å². The SMILES string of the molecule is [C-]#[N+]Cc1ccc(OC)c(CBr)c1. The van der Waals surface area contributed by atoms with Crippen molar-refractivity contribution in [2.24, 2.45) is 0 Å². The zero-order valence-electron chi connectivity index (χ0n) is 7.38. The Bertz CT molecular complexity index is 330. The standard InChI is InChI=1S/C10H10BrNO/c1-12-7-8-3-4-10(13-2)9(5-8)6-11/h3-5H,6-7H2,2H3. The summed E-state index contributed by atoms with van der Waals surface area (Å²) in [5.74, 6) is 0.866. The lowest BCUT2D eigenvalue weighted by atomic mass is 10.1. The van der Waals surface area contributed by atoms with Crippen LogP contribution in [0.1, 0.15) is 11.1 Å². The van der Waals surface area contributed by atoms with Crippen molar-refractivity contribution in [1.82, 2.24) is 0 Å². The van der Waals surface area contributed by atoms with Gasteiger partial charge in [-0.15, -0.1) is 0 Å². The molecule has 0 aliphatic heterocycles. The molecule has 0 spiro atoms. The topological polar surface area (TPSA) is 13.6 Å². The first-order valence-corrected chi connectivity index (χ1v) is 4.99. The maximum atomic E-state index is 6.75. The summed E-state index contributed by atoms with van der Waals surface area (Å²) >= 11 is 3.38. The van der Waals surface area contributed by atoms with Crippen LogP contribution in [0.3, 0.4) is 0 Å². The van der Waals surface area contributed by atoms with E-state index in [4.69, 9.17) is 11.3 Å². The minimum Gasteiger partial charge on any atom is -0.496 e. The third-order valence-corrected chi connectivity index (χ3v) is 2.35. The quantitative estimate of drug-likeness (QED) is 0.584. The first-order chi connectivity index (χ1) is 6.31. The molecular weight excluding hydrogens is 230 g/mol. The van der Waals surface area contributed by atoms with Gasteiger partial charge in [-0.2, -0.15) is 0 Å². The minimum absolute atomic E-state index is 0.435. The van der Waals surface area contributed by atoms with E-state index in [1.807, 2.05) is 18.2 Å². The fourth-order valence-electron chi connectivity index (χ4n) is 1.13. The average Bonchev–Trinajstić information content (AvgIpc) is 2.18. The van der Waals surface area contributed by atoms with Crippen LogP contribution in [-0.2, 0) is 11.9 Å². The molecule has 0 aliphatic carbocycles. The molecular formula is C10H10BrNO. The van der Waals surface area contributed by atoms with E-state index in [1.165, 1.54) is 0 Å². The van der Waals surface area contributed by atoms with Gasteiger partial charge in [-0.1, -0.05) is 15.9 Å². The fraction of sp³-hybridized carbons (Fsp3) is 0.300. The molecule has 0 radical (unpaired) electrons. The Morgan fingerprint density at radius 1 is 1.54 bits per heavy atom. The predicted molar refractivity (Wildman–Crippen MR) is 55.9 cm³/mol. The van der Waals surface area contributed by atoms with Gasteiger partial charge in [0.25, 0.3) is 0 Å². The highest BCUT2D eigenvalue weighted by atomic mass is 79.9. The Balaban J connectivity index is 3.00. The highest BCUT2D eigenvalue weighted by Crippen LogP contribution is 2.22. The number of benzene rings is 1. The van der Waals surface area contributed by atoms with Crippen molar-refractivity contribution in [1.29, 1.82) is 0 Å². The van der Waals surface area contributed by atoms with Gasteiger partial charge < -0.3 is 9.58 Å². The molecule has 13 heavy (non-hydrogen) atoms. The number of hydrogen-bond acceptors (Lipinski definition) is 1. The summed E-state index contributed by atoms with van der Waals surface area (Å²) in [4.78, 5) is 3.33. The average molecular weight is 240 g/mol. The molecule has 0 fully saturated rings. The lowest BCUT2D eigenvalue weighted by Gasteiger charge is -2.05. The normalized spacial score (nSPS) is 9.31. The molecule has 0 aliphatic rings. The molecule has 0 heterocycles. The van der Waals surface area contributed by atoms with Crippen LogP contribution in [0.25, 0.3) is 4.85 Å². The maximum Gasteiger partial charge on any atom is 0.239 e.